The maximum absolute atomic E-state index is 13.0. The van der Waals surface area contributed by atoms with Gasteiger partial charge in [0.1, 0.15) is 5.75 Å². The van der Waals surface area contributed by atoms with Crippen molar-refractivity contribution in [2.75, 3.05) is 20.1 Å². The third-order valence-electron chi connectivity index (χ3n) is 6.82. The van der Waals surface area contributed by atoms with Gasteiger partial charge in [0, 0.05) is 11.5 Å². The average Bonchev–Trinajstić information content (AvgIpc) is 2.84. The second kappa shape index (κ2) is 7.12. The lowest BCUT2D eigenvalue weighted by Crippen LogP contribution is -2.43. The fourth-order valence-electron chi connectivity index (χ4n) is 3.94. The summed E-state index contributed by atoms with van der Waals surface area (Å²) >= 11 is 0. The minimum Gasteiger partial charge on any atom is -0.543 e. The lowest BCUT2D eigenvalue weighted by Gasteiger charge is -2.36. The zero-order valence-electron chi connectivity index (χ0n) is 17.4. The Labute approximate surface area is 160 Å². The van der Waals surface area contributed by atoms with Crippen molar-refractivity contribution >= 4 is 14.1 Å². The molecule has 0 bridgehead atoms. The molecule has 0 spiro atoms. The van der Waals surface area contributed by atoms with Crippen molar-refractivity contribution in [3.63, 3.8) is 0 Å². The molecule has 144 valence electrons. The quantitative estimate of drug-likeness (QED) is 0.683. The zero-order valence-corrected chi connectivity index (χ0v) is 18.4. The van der Waals surface area contributed by atoms with E-state index in [1.165, 1.54) is 31.5 Å². The number of fused-ring (bicyclic) bond motifs is 1. The van der Waals surface area contributed by atoms with E-state index in [-0.39, 0.29) is 11.0 Å². The molecule has 4 heteroatoms. The first-order chi connectivity index (χ1) is 12.1. The number of piperidine rings is 1. The number of hydrogen-bond acceptors (Lipinski definition) is 3. The van der Waals surface area contributed by atoms with Crippen molar-refractivity contribution in [1.29, 1.82) is 0 Å². The van der Waals surface area contributed by atoms with Crippen LogP contribution in [0.4, 0.5) is 0 Å². The fourth-order valence-corrected chi connectivity index (χ4v) is 4.97. The molecule has 2 aliphatic rings. The van der Waals surface area contributed by atoms with Gasteiger partial charge in [0.15, 0.2) is 5.78 Å². The average molecular weight is 374 g/mol. The number of nitrogens with zero attached hydrogens (tertiary/aromatic N) is 1. The van der Waals surface area contributed by atoms with Crippen molar-refractivity contribution in [3.05, 3.63) is 29.3 Å². The molecule has 1 aliphatic heterocycles. The van der Waals surface area contributed by atoms with Crippen LogP contribution in [0, 0.1) is 11.8 Å². The Kier molecular flexibility index (Phi) is 5.37. The smallest absolute Gasteiger partial charge is 0.250 e. The Balaban J connectivity index is 1.69. The van der Waals surface area contributed by atoms with Gasteiger partial charge in [-0.25, -0.2) is 0 Å². The molecule has 1 aromatic rings. The molecule has 3 rings (SSSR count). The Morgan fingerprint density at radius 2 is 1.85 bits per heavy atom. The molecule has 1 aliphatic carbocycles. The van der Waals surface area contributed by atoms with Crippen LogP contribution in [0.5, 0.6) is 5.75 Å². The largest absolute Gasteiger partial charge is 0.543 e. The van der Waals surface area contributed by atoms with E-state index in [2.05, 4.69) is 57.9 Å². The molecule has 1 aromatic carbocycles. The van der Waals surface area contributed by atoms with E-state index < -0.39 is 8.32 Å². The predicted octanol–water partition coefficient (Wildman–Crippen LogP) is 5.16. The van der Waals surface area contributed by atoms with Gasteiger partial charge >= 0.3 is 0 Å². The van der Waals surface area contributed by atoms with Gasteiger partial charge in [0.2, 0.25) is 8.32 Å². The van der Waals surface area contributed by atoms with E-state index in [4.69, 9.17) is 4.43 Å². The highest BCUT2D eigenvalue weighted by molar-refractivity contribution is 6.74. The first kappa shape index (κ1) is 19.6. The summed E-state index contributed by atoms with van der Waals surface area (Å²) in [6.45, 7) is 13.6. The second-order valence-corrected chi connectivity index (χ2v) is 14.7. The Bertz CT molecular complexity index is 669. The number of carbonyl (C=O) groups excluding carboxylic acids is 1. The summed E-state index contributed by atoms with van der Waals surface area (Å²) in [6.07, 6.45) is 4.44. The predicted molar refractivity (Wildman–Crippen MR) is 111 cm³/mol. The molecule has 1 unspecified atom stereocenters. The molecule has 26 heavy (non-hydrogen) atoms. The summed E-state index contributed by atoms with van der Waals surface area (Å²) in [6, 6.07) is 6.22. The van der Waals surface area contributed by atoms with Crippen LogP contribution in [-0.4, -0.2) is 39.1 Å². The Morgan fingerprint density at radius 3 is 2.46 bits per heavy atom. The molecule has 1 saturated heterocycles. The number of likely N-dealkylation sites (tertiary alicyclic amines) is 1. The summed E-state index contributed by atoms with van der Waals surface area (Å²) in [4.78, 5) is 15.4. The van der Waals surface area contributed by atoms with E-state index >= 15 is 0 Å². The Hall–Kier alpha value is -1.13. The second-order valence-electron chi connectivity index (χ2n) is 9.93. The maximum atomic E-state index is 13.0. The highest BCUT2D eigenvalue weighted by atomic mass is 28.4. The van der Waals surface area contributed by atoms with Crippen LogP contribution >= 0.6 is 0 Å². The van der Waals surface area contributed by atoms with Gasteiger partial charge in [-0.05, 0) is 87.6 Å². The molecule has 0 radical (unpaired) electrons. The molecule has 0 aromatic heterocycles. The summed E-state index contributed by atoms with van der Waals surface area (Å²) in [5, 5.41) is 0.159. The first-order valence-corrected chi connectivity index (χ1v) is 13.0. The van der Waals surface area contributed by atoms with Gasteiger partial charge in [-0.15, -0.1) is 0 Å². The van der Waals surface area contributed by atoms with Crippen LogP contribution in [0.1, 0.15) is 56.0 Å². The molecule has 3 nitrogen and oxygen atoms in total. The van der Waals surface area contributed by atoms with Crippen molar-refractivity contribution < 1.29 is 9.22 Å². The summed E-state index contributed by atoms with van der Waals surface area (Å²) in [5.41, 5.74) is 2.13. The van der Waals surface area contributed by atoms with Crippen LogP contribution in [0.2, 0.25) is 18.1 Å². The van der Waals surface area contributed by atoms with Crippen molar-refractivity contribution in [2.45, 2.75) is 64.6 Å². The lowest BCUT2D eigenvalue weighted by atomic mass is 9.85. The van der Waals surface area contributed by atoms with E-state index in [0.717, 1.165) is 24.2 Å². The number of rotatable bonds is 4. The van der Waals surface area contributed by atoms with E-state index in [9.17, 15) is 4.79 Å². The number of benzene rings is 1. The Morgan fingerprint density at radius 1 is 1.19 bits per heavy atom. The van der Waals surface area contributed by atoms with Gasteiger partial charge in [0.25, 0.3) is 0 Å². The van der Waals surface area contributed by atoms with E-state index in [1.807, 2.05) is 6.07 Å². The molecule has 1 heterocycles. The molecular weight excluding hydrogens is 338 g/mol. The SMILES string of the molecule is CN1CCC(CC2Cc3ccc(O[Si](C)(C)C(C)(C)C)cc3C2=O)CC1. The standard InChI is InChI=1S/C22H35NO2Si/c1-22(2,3)26(5,6)25-19-8-7-17-14-18(21(24)20(17)15-19)13-16-9-11-23(4)12-10-16/h7-8,15-16,18H,9-14H2,1-6H3. The van der Waals surface area contributed by atoms with Crippen molar-refractivity contribution in [3.8, 4) is 5.75 Å². The van der Waals surface area contributed by atoms with Gasteiger partial charge in [0.05, 0.1) is 0 Å². The highest BCUT2D eigenvalue weighted by Crippen LogP contribution is 2.39. The first-order valence-electron chi connectivity index (χ1n) is 10.1. The van der Waals surface area contributed by atoms with E-state index in [0.29, 0.717) is 11.7 Å². The molecule has 0 N–H and O–H groups in total. The minimum atomic E-state index is -1.87. The third kappa shape index (κ3) is 4.06. The van der Waals surface area contributed by atoms with Gasteiger partial charge in [-0.1, -0.05) is 26.8 Å². The summed E-state index contributed by atoms with van der Waals surface area (Å²) in [7, 11) is 0.316. The number of Topliss-reactive ketones (excluding diaryl/α,β-unsaturated/α-hetero) is 1. The molecule has 1 fully saturated rings. The lowest BCUT2D eigenvalue weighted by molar-refractivity contribution is 0.0903. The normalized spacial score (nSPS) is 22.5. The van der Waals surface area contributed by atoms with Crippen LogP contribution < -0.4 is 4.43 Å². The van der Waals surface area contributed by atoms with E-state index in [1.54, 1.807) is 0 Å². The number of carbonyl (C=O) groups is 1. The van der Waals surface area contributed by atoms with Crippen molar-refractivity contribution in [1.82, 2.24) is 4.90 Å². The summed E-state index contributed by atoms with van der Waals surface area (Å²) < 4.78 is 6.42. The minimum absolute atomic E-state index is 0.159. The van der Waals surface area contributed by atoms with Crippen LogP contribution in [0.15, 0.2) is 18.2 Å². The summed E-state index contributed by atoms with van der Waals surface area (Å²) in [5.74, 6) is 2.11. The fraction of sp³-hybridized carbons (Fsp3) is 0.682. The number of hydrogen-bond donors (Lipinski definition) is 0. The maximum Gasteiger partial charge on any atom is 0.250 e. The van der Waals surface area contributed by atoms with Crippen molar-refractivity contribution in [2.24, 2.45) is 11.8 Å². The van der Waals surface area contributed by atoms with Gasteiger partial charge in [-0.2, -0.15) is 0 Å². The number of ketones is 1. The third-order valence-corrected chi connectivity index (χ3v) is 11.2. The molecular formula is C22H35NO2Si. The molecule has 0 saturated carbocycles. The molecule has 1 atom stereocenters. The monoisotopic (exact) mass is 373 g/mol. The molecule has 0 amide bonds. The van der Waals surface area contributed by atoms with Crippen LogP contribution in [0.25, 0.3) is 0 Å². The topological polar surface area (TPSA) is 29.5 Å². The zero-order chi connectivity index (χ0) is 19.1. The van der Waals surface area contributed by atoms with Crippen LogP contribution in [0.3, 0.4) is 0 Å². The highest BCUT2D eigenvalue weighted by Gasteiger charge is 2.39. The van der Waals surface area contributed by atoms with Crippen LogP contribution in [-0.2, 0) is 6.42 Å². The van der Waals surface area contributed by atoms with Gasteiger partial charge in [-0.3, -0.25) is 4.79 Å². The van der Waals surface area contributed by atoms with Gasteiger partial charge < -0.3 is 9.33 Å².